The molecule has 0 radical (unpaired) electrons. The summed E-state index contributed by atoms with van der Waals surface area (Å²) in [6, 6.07) is -0.280. The van der Waals surface area contributed by atoms with Crippen LogP contribution in [-0.2, 0) is 9.59 Å². The van der Waals surface area contributed by atoms with Gasteiger partial charge in [0.25, 0.3) is 0 Å². The van der Waals surface area contributed by atoms with Crippen LogP contribution >= 0.6 is 0 Å². The van der Waals surface area contributed by atoms with E-state index in [-0.39, 0.29) is 23.8 Å². The van der Waals surface area contributed by atoms with Crippen LogP contribution in [0, 0.1) is 5.92 Å². The molecule has 1 rings (SSSR count). The first-order valence-corrected chi connectivity index (χ1v) is 6.24. The molecule has 1 aliphatic heterocycles. The summed E-state index contributed by atoms with van der Waals surface area (Å²) in [4.78, 5) is 27.4. The Bertz CT molecular complexity index is 287. The van der Waals surface area contributed by atoms with E-state index in [1.165, 1.54) is 0 Å². The van der Waals surface area contributed by atoms with E-state index in [4.69, 9.17) is 5.73 Å². The number of hydrogen-bond donors (Lipinski definition) is 1. The minimum absolute atomic E-state index is 0.0164. The van der Waals surface area contributed by atoms with Gasteiger partial charge in [-0.15, -0.1) is 0 Å². The van der Waals surface area contributed by atoms with E-state index in [1.807, 2.05) is 6.92 Å². The number of carbonyl (C=O) groups excluding carboxylic acids is 2. The zero-order chi connectivity index (χ0) is 13.0. The van der Waals surface area contributed by atoms with Gasteiger partial charge in [-0.1, -0.05) is 6.92 Å². The lowest BCUT2D eigenvalue weighted by molar-refractivity contribution is -0.144. The maximum absolute atomic E-state index is 12.2. The van der Waals surface area contributed by atoms with Crippen molar-refractivity contribution in [3.63, 3.8) is 0 Å². The monoisotopic (exact) mass is 241 g/mol. The molecule has 17 heavy (non-hydrogen) atoms. The number of amides is 2. The Balaban J connectivity index is 2.75. The molecule has 1 saturated heterocycles. The highest BCUT2D eigenvalue weighted by Crippen LogP contribution is 2.21. The van der Waals surface area contributed by atoms with Gasteiger partial charge in [0.15, 0.2) is 0 Å². The minimum Gasteiger partial charge on any atom is -0.347 e. The highest BCUT2D eigenvalue weighted by molar-refractivity contribution is 5.89. The molecule has 0 spiro atoms. The van der Waals surface area contributed by atoms with E-state index in [9.17, 15) is 9.59 Å². The lowest BCUT2D eigenvalue weighted by Gasteiger charge is -2.28. The predicted molar refractivity (Wildman–Crippen MR) is 66.3 cm³/mol. The van der Waals surface area contributed by atoms with Crippen molar-refractivity contribution in [2.24, 2.45) is 11.7 Å². The molecule has 1 aliphatic rings. The van der Waals surface area contributed by atoms with Crippen LogP contribution in [0.4, 0.5) is 0 Å². The maximum atomic E-state index is 12.2. The smallest absolute Gasteiger partial charge is 0.244 e. The van der Waals surface area contributed by atoms with Crippen LogP contribution in [0.5, 0.6) is 0 Å². The van der Waals surface area contributed by atoms with Crippen LogP contribution in [-0.4, -0.2) is 54.8 Å². The summed E-state index contributed by atoms with van der Waals surface area (Å²) in [5.74, 6) is -0.0963. The Morgan fingerprint density at radius 3 is 2.59 bits per heavy atom. The molecule has 2 atom stereocenters. The first kappa shape index (κ1) is 14.0. The number of carbonyl (C=O) groups is 2. The summed E-state index contributed by atoms with van der Waals surface area (Å²) in [5, 5.41) is 0. The molecule has 1 heterocycles. The normalized spacial score (nSPS) is 21.4. The molecular formula is C12H23N3O2. The Morgan fingerprint density at radius 1 is 1.47 bits per heavy atom. The SMILES string of the molecule is CCC(CN)C(=O)N1CCCC1C(=O)N(C)C. The molecule has 5 heteroatoms. The van der Waals surface area contributed by atoms with Crippen molar-refractivity contribution in [1.82, 2.24) is 9.80 Å². The molecule has 0 aromatic heterocycles. The second-order valence-corrected chi connectivity index (χ2v) is 4.76. The molecule has 2 amide bonds. The predicted octanol–water partition coefficient (Wildman–Crippen LogP) is 0.0505. The summed E-state index contributed by atoms with van der Waals surface area (Å²) >= 11 is 0. The molecule has 0 saturated carbocycles. The van der Waals surface area contributed by atoms with E-state index < -0.39 is 0 Å². The number of likely N-dealkylation sites (N-methyl/N-ethyl adjacent to an activating group) is 1. The van der Waals surface area contributed by atoms with E-state index in [0.29, 0.717) is 13.1 Å². The molecular weight excluding hydrogens is 218 g/mol. The number of hydrogen-bond acceptors (Lipinski definition) is 3. The summed E-state index contributed by atoms with van der Waals surface area (Å²) < 4.78 is 0. The molecule has 5 nitrogen and oxygen atoms in total. The number of nitrogens with two attached hydrogens (primary N) is 1. The minimum atomic E-state index is -0.280. The van der Waals surface area contributed by atoms with Crippen molar-refractivity contribution in [3.05, 3.63) is 0 Å². The second kappa shape index (κ2) is 6.00. The number of nitrogens with zero attached hydrogens (tertiary/aromatic N) is 2. The third-order valence-corrected chi connectivity index (χ3v) is 3.39. The summed E-state index contributed by atoms with van der Waals surface area (Å²) in [6.07, 6.45) is 2.40. The lowest BCUT2D eigenvalue weighted by Crippen LogP contribution is -2.48. The van der Waals surface area contributed by atoms with Gasteiger partial charge >= 0.3 is 0 Å². The topological polar surface area (TPSA) is 66.6 Å². The highest BCUT2D eigenvalue weighted by Gasteiger charge is 2.36. The van der Waals surface area contributed by atoms with Gasteiger partial charge in [0.2, 0.25) is 11.8 Å². The van der Waals surface area contributed by atoms with Gasteiger partial charge in [0.1, 0.15) is 6.04 Å². The fourth-order valence-corrected chi connectivity index (χ4v) is 2.26. The Labute approximate surface area is 103 Å². The Kier molecular flexibility index (Phi) is 4.93. The average molecular weight is 241 g/mol. The van der Waals surface area contributed by atoms with Gasteiger partial charge in [-0.25, -0.2) is 0 Å². The summed E-state index contributed by atoms with van der Waals surface area (Å²) in [6.45, 7) is 2.99. The molecule has 0 bridgehead atoms. The second-order valence-electron chi connectivity index (χ2n) is 4.76. The molecule has 0 aliphatic carbocycles. The number of rotatable bonds is 4. The Morgan fingerprint density at radius 2 is 2.12 bits per heavy atom. The van der Waals surface area contributed by atoms with Crippen LogP contribution in [0.3, 0.4) is 0 Å². The third kappa shape index (κ3) is 2.97. The van der Waals surface area contributed by atoms with Crippen LogP contribution in [0.25, 0.3) is 0 Å². The molecule has 98 valence electrons. The molecule has 2 unspecified atom stereocenters. The largest absolute Gasteiger partial charge is 0.347 e. The van der Waals surface area contributed by atoms with Crippen LogP contribution in [0.2, 0.25) is 0 Å². The van der Waals surface area contributed by atoms with Crippen molar-refractivity contribution < 1.29 is 9.59 Å². The molecule has 0 aromatic rings. The van der Waals surface area contributed by atoms with Crippen LogP contribution < -0.4 is 5.73 Å². The van der Waals surface area contributed by atoms with Crippen LogP contribution in [0.1, 0.15) is 26.2 Å². The van der Waals surface area contributed by atoms with E-state index in [0.717, 1.165) is 19.3 Å². The fourth-order valence-electron chi connectivity index (χ4n) is 2.26. The molecule has 1 fully saturated rings. The van der Waals surface area contributed by atoms with Gasteiger partial charge in [-0.05, 0) is 19.3 Å². The van der Waals surface area contributed by atoms with Crippen molar-refractivity contribution in [2.45, 2.75) is 32.2 Å². The maximum Gasteiger partial charge on any atom is 0.244 e. The highest BCUT2D eigenvalue weighted by atomic mass is 16.2. The van der Waals surface area contributed by atoms with E-state index in [1.54, 1.807) is 23.9 Å². The lowest BCUT2D eigenvalue weighted by atomic mass is 10.0. The van der Waals surface area contributed by atoms with E-state index in [2.05, 4.69) is 0 Å². The fraction of sp³-hybridized carbons (Fsp3) is 0.833. The average Bonchev–Trinajstić information content (AvgIpc) is 2.77. The van der Waals surface area contributed by atoms with Gasteiger partial charge in [-0.2, -0.15) is 0 Å². The first-order chi connectivity index (χ1) is 8.02. The molecule has 2 N–H and O–H groups in total. The first-order valence-electron chi connectivity index (χ1n) is 6.24. The van der Waals surface area contributed by atoms with Crippen molar-refractivity contribution in [2.75, 3.05) is 27.2 Å². The standard InChI is InChI=1S/C12H23N3O2/c1-4-9(8-13)11(16)15-7-5-6-10(15)12(17)14(2)3/h9-10H,4-8,13H2,1-3H3. The Hall–Kier alpha value is -1.10. The summed E-state index contributed by atoms with van der Waals surface area (Å²) in [7, 11) is 3.45. The van der Waals surface area contributed by atoms with Gasteiger partial charge in [-0.3, -0.25) is 9.59 Å². The van der Waals surface area contributed by atoms with E-state index >= 15 is 0 Å². The summed E-state index contributed by atoms with van der Waals surface area (Å²) in [5.41, 5.74) is 5.59. The van der Waals surface area contributed by atoms with Gasteiger partial charge < -0.3 is 15.5 Å². The van der Waals surface area contributed by atoms with Crippen molar-refractivity contribution in [3.8, 4) is 0 Å². The van der Waals surface area contributed by atoms with Crippen molar-refractivity contribution in [1.29, 1.82) is 0 Å². The van der Waals surface area contributed by atoms with Crippen molar-refractivity contribution >= 4 is 11.8 Å². The van der Waals surface area contributed by atoms with Gasteiger partial charge in [0, 0.05) is 27.2 Å². The quantitative estimate of drug-likeness (QED) is 0.756. The number of likely N-dealkylation sites (tertiary alicyclic amines) is 1. The van der Waals surface area contributed by atoms with Gasteiger partial charge in [0.05, 0.1) is 5.92 Å². The zero-order valence-corrected chi connectivity index (χ0v) is 11.0. The zero-order valence-electron chi connectivity index (χ0n) is 11.0. The van der Waals surface area contributed by atoms with Crippen LogP contribution in [0.15, 0.2) is 0 Å². The third-order valence-electron chi connectivity index (χ3n) is 3.39. The molecule has 0 aromatic carbocycles.